The van der Waals surface area contributed by atoms with Crippen molar-refractivity contribution in [2.24, 2.45) is 0 Å². The lowest BCUT2D eigenvalue weighted by Gasteiger charge is -2.10. The van der Waals surface area contributed by atoms with Gasteiger partial charge in [0.2, 0.25) is 0 Å². The minimum Gasteiger partial charge on any atom is -0.481 e. The normalized spacial score (nSPS) is 11.3. The second-order valence-electron chi connectivity index (χ2n) is 6.08. The highest BCUT2D eigenvalue weighted by Crippen LogP contribution is 2.31. The zero-order valence-corrected chi connectivity index (χ0v) is 17.8. The lowest BCUT2D eigenvalue weighted by atomic mass is 9.98. The minimum atomic E-state index is -1.02. The summed E-state index contributed by atoms with van der Waals surface area (Å²) in [5.41, 5.74) is 2.82. The third-order valence-corrected chi connectivity index (χ3v) is 5.55. The average molecular weight is 473 g/mol. The van der Waals surface area contributed by atoms with Gasteiger partial charge in [-0.25, -0.2) is 9.18 Å². The lowest BCUT2D eigenvalue weighted by molar-refractivity contribution is -0.139. The molecule has 0 aliphatic carbocycles. The number of carbonyl (C=O) groups is 1. The lowest BCUT2D eigenvalue weighted by Crippen LogP contribution is -2.09. The van der Waals surface area contributed by atoms with Crippen LogP contribution < -0.4 is 4.74 Å². The van der Waals surface area contributed by atoms with Crippen molar-refractivity contribution in [1.82, 2.24) is 0 Å². The third-order valence-electron chi connectivity index (χ3n) is 4.01. The van der Waals surface area contributed by atoms with Crippen LogP contribution in [0.4, 0.5) is 4.39 Å². The molecule has 29 heavy (non-hydrogen) atoms. The molecule has 0 aromatic heterocycles. The maximum Gasteiger partial charge on any atom is 0.341 e. The molecule has 0 bridgehead atoms. The van der Waals surface area contributed by atoms with Crippen LogP contribution in [-0.4, -0.2) is 23.4 Å². The molecule has 0 spiro atoms. The molecule has 0 saturated heterocycles. The van der Waals surface area contributed by atoms with Gasteiger partial charge in [0.05, 0.1) is 4.47 Å². The fourth-order valence-electron chi connectivity index (χ4n) is 2.73. The van der Waals surface area contributed by atoms with Crippen LogP contribution in [0.25, 0.3) is 5.57 Å². The van der Waals surface area contributed by atoms with E-state index in [-0.39, 0.29) is 12.4 Å². The first kappa shape index (κ1) is 21.1. The Morgan fingerprint density at radius 1 is 1.03 bits per heavy atom. The summed E-state index contributed by atoms with van der Waals surface area (Å²) >= 11 is 5.03. The fraction of sp³-hybridized carbons (Fsp3) is 0.0870. The van der Waals surface area contributed by atoms with E-state index in [9.17, 15) is 9.18 Å². The molecule has 1 N–H and O–H groups in total. The van der Waals surface area contributed by atoms with Gasteiger partial charge in [-0.1, -0.05) is 48.5 Å². The van der Waals surface area contributed by atoms with Crippen molar-refractivity contribution in [2.45, 2.75) is 4.90 Å². The first-order valence-corrected chi connectivity index (χ1v) is 10.6. The largest absolute Gasteiger partial charge is 0.481 e. The topological polar surface area (TPSA) is 46.5 Å². The molecule has 6 heteroatoms. The molecule has 0 unspecified atom stereocenters. The maximum atomic E-state index is 13.7. The Hall–Kier alpha value is -2.57. The van der Waals surface area contributed by atoms with E-state index in [1.165, 1.54) is 12.1 Å². The molecule has 0 amide bonds. The van der Waals surface area contributed by atoms with E-state index in [0.29, 0.717) is 16.0 Å². The number of hydrogen-bond donors (Lipinski definition) is 1. The Bertz CT molecular complexity index is 1020. The molecule has 0 aliphatic heterocycles. The van der Waals surface area contributed by atoms with E-state index in [1.807, 2.05) is 48.5 Å². The Kier molecular flexibility index (Phi) is 7.49. The van der Waals surface area contributed by atoms with Crippen LogP contribution in [0.2, 0.25) is 0 Å². The van der Waals surface area contributed by atoms with Crippen LogP contribution in [0, 0.1) is 5.82 Å². The standard InChI is InChI=1S/C23H18BrFO3S/c24-21-14-19(9-10-22(21)28-15-23(26)27)29-12-11-20(16-5-2-1-3-6-16)17-7-4-8-18(25)13-17/h1-11,13-14H,12,15H2,(H,26,27). The highest BCUT2D eigenvalue weighted by atomic mass is 79.9. The zero-order valence-electron chi connectivity index (χ0n) is 15.3. The van der Waals surface area contributed by atoms with Crippen molar-refractivity contribution in [3.8, 4) is 5.75 Å². The summed E-state index contributed by atoms with van der Waals surface area (Å²) < 4.78 is 19.7. The predicted molar refractivity (Wildman–Crippen MR) is 118 cm³/mol. The number of rotatable bonds is 8. The molecule has 0 fully saturated rings. The molecule has 0 heterocycles. The molecule has 0 aliphatic rings. The Balaban J connectivity index is 1.76. The molecule has 3 nitrogen and oxygen atoms in total. The smallest absolute Gasteiger partial charge is 0.341 e. The van der Waals surface area contributed by atoms with Crippen molar-refractivity contribution in [3.63, 3.8) is 0 Å². The van der Waals surface area contributed by atoms with Gasteiger partial charge < -0.3 is 9.84 Å². The summed E-state index contributed by atoms with van der Waals surface area (Å²) in [6.07, 6.45) is 2.08. The summed E-state index contributed by atoms with van der Waals surface area (Å²) in [5, 5.41) is 8.72. The number of aliphatic carboxylic acids is 1. The Morgan fingerprint density at radius 3 is 2.48 bits per heavy atom. The highest BCUT2D eigenvalue weighted by molar-refractivity contribution is 9.10. The van der Waals surface area contributed by atoms with Crippen LogP contribution in [0.3, 0.4) is 0 Å². The highest BCUT2D eigenvalue weighted by Gasteiger charge is 2.08. The van der Waals surface area contributed by atoms with E-state index >= 15 is 0 Å². The minimum absolute atomic E-state index is 0.266. The van der Waals surface area contributed by atoms with Crippen molar-refractivity contribution in [1.29, 1.82) is 0 Å². The molecule has 0 atom stereocenters. The summed E-state index contributed by atoms with van der Waals surface area (Å²) in [7, 11) is 0. The van der Waals surface area contributed by atoms with Crippen LogP contribution >= 0.6 is 27.7 Å². The van der Waals surface area contributed by atoms with Gasteiger partial charge >= 0.3 is 5.97 Å². The summed E-state index contributed by atoms with van der Waals surface area (Å²) in [5.74, 6) is -0.121. The van der Waals surface area contributed by atoms with Gasteiger partial charge in [-0.3, -0.25) is 0 Å². The number of carboxylic acid groups (broad SMARTS) is 1. The number of thioether (sulfide) groups is 1. The molecule has 3 rings (SSSR count). The van der Waals surface area contributed by atoms with Gasteiger partial charge in [0.1, 0.15) is 11.6 Å². The van der Waals surface area contributed by atoms with Gasteiger partial charge in [-0.15, -0.1) is 11.8 Å². The van der Waals surface area contributed by atoms with Gasteiger partial charge in [0.25, 0.3) is 0 Å². The zero-order chi connectivity index (χ0) is 20.6. The van der Waals surface area contributed by atoms with Gasteiger partial charge in [0.15, 0.2) is 6.61 Å². The molecular formula is C23H18BrFO3S. The first-order chi connectivity index (χ1) is 14.0. The molecule has 3 aromatic rings. The predicted octanol–water partition coefficient (Wildman–Crippen LogP) is 6.28. The van der Waals surface area contributed by atoms with Crippen LogP contribution in [0.1, 0.15) is 11.1 Å². The third kappa shape index (κ3) is 6.21. The summed E-state index contributed by atoms with van der Waals surface area (Å²) in [4.78, 5) is 11.6. The quantitative estimate of drug-likeness (QED) is 0.392. The second-order valence-corrected chi connectivity index (χ2v) is 8.03. The number of carboxylic acids is 1. The van der Waals surface area contributed by atoms with E-state index in [2.05, 4.69) is 22.0 Å². The van der Waals surface area contributed by atoms with E-state index in [4.69, 9.17) is 9.84 Å². The Morgan fingerprint density at radius 2 is 1.79 bits per heavy atom. The fourth-order valence-corrected chi connectivity index (χ4v) is 4.18. The van der Waals surface area contributed by atoms with E-state index < -0.39 is 5.97 Å². The average Bonchev–Trinajstić information content (AvgIpc) is 2.71. The Labute approximate surface area is 181 Å². The van der Waals surface area contributed by atoms with Crippen LogP contribution in [-0.2, 0) is 4.79 Å². The van der Waals surface area contributed by atoms with Crippen LogP contribution in [0.5, 0.6) is 5.75 Å². The summed E-state index contributed by atoms with van der Waals surface area (Å²) in [6, 6.07) is 22.0. The van der Waals surface area contributed by atoms with E-state index in [0.717, 1.165) is 21.6 Å². The van der Waals surface area contributed by atoms with E-state index in [1.54, 1.807) is 23.9 Å². The van der Waals surface area contributed by atoms with Crippen molar-refractivity contribution in [3.05, 3.63) is 100 Å². The van der Waals surface area contributed by atoms with Crippen LogP contribution in [0.15, 0.2) is 88.2 Å². The number of benzene rings is 3. The number of ether oxygens (including phenoxy) is 1. The van der Waals surface area contributed by atoms with Crippen molar-refractivity contribution < 1.29 is 19.0 Å². The van der Waals surface area contributed by atoms with Gasteiger partial charge in [-0.05, 0) is 63.0 Å². The molecule has 0 saturated carbocycles. The molecule has 3 aromatic carbocycles. The monoisotopic (exact) mass is 472 g/mol. The molecule has 148 valence electrons. The molecule has 0 radical (unpaired) electrons. The van der Waals surface area contributed by atoms with Crippen molar-refractivity contribution >= 4 is 39.2 Å². The SMILES string of the molecule is O=C(O)COc1ccc(SCC=C(c2ccccc2)c2cccc(F)c2)cc1Br. The summed E-state index contributed by atoms with van der Waals surface area (Å²) in [6.45, 7) is -0.387. The number of hydrogen-bond acceptors (Lipinski definition) is 3. The van der Waals surface area contributed by atoms with Gasteiger partial charge in [-0.2, -0.15) is 0 Å². The van der Waals surface area contributed by atoms with Gasteiger partial charge in [0, 0.05) is 10.6 Å². The number of halogens is 2. The first-order valence-electron chi connectivity index (χ1n) is 8.81. The molecular weight excluding hydrogens is 455 g/mol. The maximum absolute atomic E-state index is 13.7. The van der Waals surface area contributed by atoms with Crippen molar-refractivity contribution in [2.75, 3.05) is 12.4 Å². The second kappa shape index (κ2) is 10.3.